The largest absolute Gasteiger partial charge is 0.386 e. The van der Waals surface area contributed by atoms with Gasteiger partial charge in [-0.15, -0.1) is 5.10 Å². The van der Waals surface area contributed by atoms with Gasteiger partial charge in [0.25, 0.3) is 0 Å². The topological polar surface area (TPSA) is 63.8 Å². The summed E-state index contributed by atoms with van der Waals surface area (Å²) in [6, 6.07) is 0. The molecule has 0 bridgehead atoms. The lowest BCUT2D eigenvalue weighted by molar-refractivity contribution is 0.170. The maximum absolute atomic E-state index is 10.1. The van der Waals surface area contributed by atoms with Gasteiger partial charge in [0, 0.05) is 18.3 Å². The van der Waals surface area contributed by atoms with Crippen LogP contribution in [0.2, 0.25) is 0 Å². The van der Waals surface area contributed by atoms with Gasteiger partial charge < -0.3 is 5.11 Å². The summed E-state index contributed by atoms with van der Waals surface area (Å²) >= 11 is 4.75. The maximum atomic E-state index is 10.1. The van der Waals surface area contributed by atoms with E-state index in [0.717, 1.165) is 22.4 Å². The fourth-order valence-electron chi connectivity index (χ4n) is 1.67. The van der Waals surface area contributed by atoms with Crippen molar-refractivity contribution in [3.63, 3.8) is 0 Å². The van der Waals surface area contributed by atoms with Crippen LogP contribution in [0.15, 0.2) is 9.85 Å². The molecule has 1 unspecified atom stereocenters. The second-order valence-corrected chi connectivity index (χ2v) is 5.11. The molecule has 0 saturated carbocycles. The van der Waals surface area contributed by atoms with E-state index in [1.807, 2.05) is 18.5 Å². The van der Waals surface area contributed by atoms with Crippen LogP contribution in [0.1, 0.15) is 30.1 Å². The van der Waals surface area contributed by atoms with Crippen LogP contribution in [0, 0.1) is 6.92 Å². The second kappa shape index (κ2) is 5.24. The number of halogens is 1. The Morgan fingerprint density at radius 2 is 2.35 bits per heavy atom. The molecule has 5 nitrogen and oxygen atoms in total. The molecule has 0 saturated heterocycles. The Kier molecular flexibility index (Phi) is 3.90. The van der Waals surface area contributed by atoms with E-state index in [2.05, 4.69) is 30.6 Å². The average molecular weight is 317 g/mol. The summed E-state index contributed by atoms with van der Waals surface area (Å²) < 4.78 is 6.60. The van der Waals surface area contributed by atoms with Gasteiger partial charge in [-0.25, -0.2) is 0 Å². The summed E-state index contributed by atoms with van der Waals surface area (Å²) in [4.78, 5) is 0. The van der Waals surface area contributed by atoms with E-state index in [1.54, 1.807) is 5.38 Å². The van der Waals surface area contributed by atoms with Crippen LogP contribution < -0.4 is 0 Å². The summed E-state index contributed by atoms with van der Waals surface area (Å²) in [7, 11) is 0. The molecule has 2 aromatic rings. The third-order valence-corrected chi connectivity index (χ3v) is 4.11. The first-order valence-corrected chi connectivity index (χ1v) is 6.93. The molecule has 92 valence electrons. The van der Waals surface area contributed by atoms with Crippen molar-refractivity contribution in [3.8, 4) is 0 Å². The van der Waals surface area contributed by atoms with Crippen LogP contribution in [0.5, 0.6) is 0 Å². The fourth-order valence-corrected chi connectivity index (χ4v) is 2.62. The Labute approximate surface area is 112 Å². The van der Waals surface area contributed by atoms with Crippen LogP contribution in [0.3, 0.4) is 0 Å². The first-order valence-electron chi connectivity index (χ1n) is 5.30. The minimum atomic E-state index is -0.633. The molecule has 1 atom stereocenters. The molecule has 0 aromatic carbocycles. The van der Waals surface area contributed by atoms with Gasteiger partial charge in [-0.2, -0.15) is 5.10 Å². The Morgan fingerprint density at radius 3 is 2.94 bits per heavy atom. The van der Waals surface area contributed by atoms with E-state index >= 15 is 0 Å². The smallest absolute Gasteiger partial charge is 0.104 e. The molecule has 0 spiro atoms. The normalized spacial score (nSPS) is 12.9. The van der Waals surface area contributed by atoms with Crippen LogP contribution in [0.4, 0.5) is 0 Å². The first-order chi connectivity index (χ1) is 8.13. The van der Waals surface area contributed by atoms with Gasteiger partial charge in [0.15, 0.2) is 0 Å². The highest BCUT2D eigenvalue weighted by molar-refractivity contribution is 9.10. The van der Waals surface area contributed by atoms with Gasteiger partial charge in [0.05, 0.1) is 15.9 Å². The molecule has 0 amide bonds. The summed E-state index contributed by atoms with van der Waals surface area (Å²) in [6.45, 7) is 4.75. The molecule has 0 aliphatic rings. The number of aliphatic hydroxyl groups is 1. The summed E-state index contributed by atoms with van der Waals surface area (Å²) in [5, 5.41) is 20.1. The number of aryl methyl sites for hydroxylation is 2. The van der Waals surface area contributed by atoms with E-state index < -0.39 is 6.10 Å². The number of aromatic nitrogens is 4. The summed E-state index contributed by atoms with van der Waals surface area (Å²) in [5.74, 6) is 0. The third kappa shape index (κ3) is 2.56. The lowest BCUT2D eigenvalue weighted by Gasteiger charge is -2.09. The predicted octanol–water partition coefficient (Wildman–Crippen LogP) is 2.10. The van der Waals surface area contributed by atoms with Crippen LogP contribution in [-0.2, 0) is 13.0 Å². The van der Waals surface area contributed by atoms with Crippen LogP contribution >= 0.6 is 27.5 Å². The molecule has 2 rings (SSSR count). The molecular weight excluding hydrogens is 304 g/mol. The molecule has 7 heteroatoms. The molecule has 17 heavy (non-hydrogen) atoms. The van der Waals surface area contributed by atoms with Gasteiger partial charge in [-0.05, 0) is 41.3 Å². The quantitative estimate of drug-likeness (QED) is 0.938. The number of hydrogen-bond donors (Lipinski definition) is 1. The van der Waals surface area contributed by atoms with E-state index in [9.17, 15) is 5.11 Å². The van der Waals surface area contributed by atoms with Gasteiger partial charge in [-0.1, -0.05) is 4.49 Å². The third-order valence-electron chi connectivity index (χ3n) is 2.56. The molecule has 2 heterocycles. The van der Waals surface area contributed by atoms with Crippen LogP contribution in [-0.4, -0.2) is 24.5 Å². The highest BCUT2D eigenvalue weighted by Crippen LogP contribution is 2.26. The lowest BCUT2D eigenvalue weighted by Crippen LogP contribution is -2.09. The number of hydrogen-bond acceptors (Lipinski definition) is 5. The summed E-state index contributed by atoms with van der Waals surface area (Å²) in [6.07, 6.45) is -0.146. The number of aliphatic hydroxyl groups excluding tert-OH is 1. The van der Waals surface area contributed by atoms with Crippen molar-refractivity contribution in [1.82, 2.24) is 19.4 Å². The van der Waals surface area contributed by atoms with Crippen molar-refractivity contribution in [2.75, 3.05) is 0 Å². The predicted molar refractivity (Wildman–Crippen MR) is 68.9 cm³/mol. The van der Waals surface area contributed by atoms with Crippen molar-refractivity contribution >= 4 is 27.5 Å². The highest BCUT2D eigenvalue weighted by Gasteiger charge is 2.18. The van der Waals surface area contributed by atoms with E-state index in [-0.39, 0.29) is 0 Å². The zero-order chi connectivity index (χ0) is 12.4. The van der Waals surface area contributed by atoms with E-state index in [0.29, 0.717) is 12.1 Å². The molecule has 0 aliphatic heterocycles. The molecule has 1 N–H and O–H groups in total. The Hall–Kier alpha value is -0.790. The van der Waals surface area contributed by atoms with E-state index in [4.69, 9.17) is 0 Å². The molecule has 2 aromatic heterocycles. The average Bonchev–Trinajstić information content (AvgIpc) is 2.92. The van der Waals surface area contributed by atoms with E-state index in [1.165, 1.54) is 11.5 Å². The SMILES string of the molecule is CCn1nc(C)c(Br)c1CC(O)c1csnn1. The van der Waals surface area contributed by atoms with Gasteiger partial charge in [-0.3, -0.25) is 4.68 Å². The lowest BCUT2D eigenvalue weighted by atomic mass is 10.1. The number of rotatable bonds is 4. The minimum absolute atomic E-state index is 0.487. The van der Waals surface area contributed by atoms with Gasteiger partial charge in [0.2, 0.25) is 0 Å². The van der Waals surface area contributed by atoms with Crippen molar-refractivity contribution in [2.24, 2.45) is 0 Å². The molecule has 0 fully saturated rings. The molecule has 0 radical (unpaired) electrons. The van der Waals surface area contributed by atoms with Gasteiger partial charge >= 0.3 is 0 Å². The Morgan fingerprint density at radius 1 is 1.59 bits per heavy atom. The standard InChI is InChI=1S/C10H13BrN4OS/c1-3-15-8(10(11)6(2)13-15)4-9(16)7-5-17-14-12-7/h5,9,16H,3-4H2,1-2H3. The number of nitrogens with zero attached hydrogens (tertiary/aromatic N) is 4. The Balaban J connectivity index is 2.24. The zero-order valence-corrected chi connectivity index (χ0v) is 12.0. The highest BCUT2D eigenvalue weighted by atomic mass is 79.9. The van der Waals surface area contributed by atoms with Crippen LogP contribution in [0.25, 0.3) is 0 Å². The van der Waals surface area contributed by atoms with Gasteiger partial charge in [0.1, 0.15) is 11.8 Å². The monoisotopic (exact) mass is 316 g/mol. The maximum Gasteiger partial charge on any atom is 0.104 e. The zero-order valence-electron chi connectivity index (χ0n) is 9.59. The summed E-state index contributed by atoms with van der Waals surface area (Å²) in [5.41, 5.74) is 2.54. The molecule has 0 aliphatic carbocycles. The second-order valence-electron chi connectivity index (χ2n) is 3.71. The first kappa shape index (κ1) is 12.7. The van der Waals surface area contributed by atoms with Crippen molar-refractivity contribution in [2.45, 2.75) is 32.9 Å². The van der Waals surface area contributed by atoms with Crippen molar-refractivity contribution < 1.29 is 5.11 Å². The minimum Gasteiger partial charge on any atom is -0.386 e. The fraction of sp³-hybridized carbons (Fsp3) is 0.500. The van der Waals surface area contributed by atoms with Crippen molar-refractivity contribution in [3.05, 3.63) is 26.9 Å². The van der Waals surface area contributed by atoms with Crippen molar-refractivity contribution in [1.29, 1.82) is 0 Å². The Bertz CT molecular complexity index is 497. The molecular formula is C10H13BrN4OS.